The normalized spacial score (nSPS) is 14.1. The molecule has 2 aromatic carbocycles. The minimum atomic E-state index is -0.261. The van der Waals surface area contributed by atoms with Crippen LogP contribution < -0.4 is 15.0 Å². The Kier molecular flexibility index (Phi) is 5.60. The van der Waals surface area contributed by atoms with Gasteiger partial charge in [-0.25, -0.2) is 4.98 Å². The Morgan fingerprint density at radius 3 is 2.79 bits per heavy atom. The zero-order chi connectivity index (χ0) is 19.3. The van der Waals surface area contributed by atoms with E-state index in [1.165, 1.54) is 0 Å². The van der Waals surface area contributed by atoms with Crippen LogP contribution in [0.15, 0.2) is 54.6 Å². The third-order valence-corrected chi connectivity index (χ3v) is 4.71. The molecule has 6 nitrogen and oxygen atoms in total. The van der Waals surface area contributed by atoms with Crippen molar-refractivity contribution < 1.29 is 14.3 Å². The first-order valence-electron chi connectivity index (χ1n) is 9.10. The fourth-order valence-corrected chi connectivity index (χ4v) is 3.29. The molecule has 1 aliphatic rings. The van der Waals surface area contributed by atoms with Gasteiger partial charge in [-0.3, -0.25) is 4.79 Å². The van der Waals surface area contributed by atoms with E-state index >= 15 is 0 Å². The Morgan fingerprint density at radius 2 is 1.96 bits per heavy atom. The second-order valence-electron chi connectivity index (χ2n) is 6.44. The second-order valence-corrected chi connectivity index (χ2v) is 6.88. The van der Waals surface area contributed by atoms with Crippen LogP contribution in [-0.2, 0) is 9.53 Å². The number of fused-ring (bicyclic) bond motifs is 1. The first kappa shape index (κ1) is 18.5. The van der Waals surface area contributed by atoms with E-state index in [0.29, 0.717) is 29.7 Å². The van der Waals surface area contributed by atoms with Gasteiger partial charge in [0.2, 0.25) is 0 Å². The molecule has 0 bridgehead atoms. The second kappa shape index (κ2) is 8.46. The van der Waals surface area contributed by atoms with Gasteiger partial charge in [-0.05, 0) is 36.4 Å². The fraction of sp³-hybridized carbons (Fsp3) is 0.238. The molecule has 0 saturated carbocycles. The van der Waals surface area contributed by atoms with Gasteiger partial charge < -0.3 is 19.7 Å². The number of carbonyl (C=O) groups excluding carboxylic acids is 1. The molecule has 7 heteroatoms. The Labute approximate surface area is 168 Å². The van der Waals surface area contributed by atoms with Crippen LogP contribution in [0.3, 0.4) is 0 Å². The van der Waals surface area contributed by atoms with Crippen molar-refractivity contribution in [1.82, 2.24) is 4.98 Å². The monoisotopic (exact) mass is 397 g/mol. The van der Waals surface area contributed by atoms with Gasteiger partial charge in [-0.2, -0.15) is 0 Å². The lowest BCUT2D eigenvalue weighted by molar-refractivity contribution is -0.118. The summed E-state index contributed by atoms with van der Waals surface area (Å²) in [5.41, 5.74) is 1.37. The molecule has 1 aliphatic heterocycles. The number of amides is 1. The molecule has 0 atom stereocenters. The molecule has 28 heavy (non-hydrogen) atoms. The summed E-state index contributed by atoms with van der Waals surface area (Å²) < 4.78 is 11.2. The molecule has 0 radical (unpaired) electrons. The molecule has 3 aromatic rings. The van der Waals surface area contributed by atoms with Gasteiger partial charge in [-0.15, -0.1) is 0 Å². The maximum Gasteiger partial charge on any atom is 0.262 e. The minimum Gasteiger partial charge on any atom is -0.481 e. The van der Waals surface area contributed by atoms with Crippen molar-refractivity contribution in [2.75, 3.05) is 43.1 Å². The summed E-state index contributed by atoms with van der Waals surface area (Å²) in [6, 6.07) is 16.7. The van der Waals surface area contributed by atoms with Crippen molar-refractivity contribution in [1.29, 1.82) is 0 Å². The predicted octanol–water partition coefficient (Wildman–Crippen LogP) is 3.74. The summed E-state index contributed by atoms with van der Waals surface area (Å²) in [4.78, 5) is 19.2. The van der Waals surface area contributed by atoms with Crippen LogP contribution in [0.2, 0.25) is 5.02 Å². The van der Waals surface area contributed by atoms with Crippen molar-refractivity contribution in [3.63, 3.8) is 0 Å². The molecule has 2 heterocycles. The highest BCUT2D eigenvalue weighted by molar-refractivity contribution is 6.30. The molecule has 1 amide bonds. The Balaban J connectivity index is 1.48. The molecule has 0 unspecified atom stereocenters. The maximum absolute atomic E-state index is 12.2. The van der Waals surface area contributed by atoms with Crippen LogP contribution in [0.5, 0.6) is 5.75 Å². The van der Waals surface area contributed by atoms with E-state index in [1.807, 2.05) is 30.3 Å². The number of rotatable bonds is 5. The minimum absolute atomic E-state index is 0.116. The summed E-state index contributed by atoms with van der Waals surface area (Å²) in [6.45, 7) is 2.89. The number of hydrogen-bond donors (Lipinski definition) is 1. The Morgan fingerprint density at radius 1 is 1.14 bits per heavy atom. The molecular formula is C21H20ClN3O3. The number of morpholine rings is 1. The number of hydrogen-bond acceptors (Lipinski definition) is 5. The zero-order valence-corrected chi connectivity index (χ0v) is 16.0. The quantitative estimate of drug-likeness (QED) is 0.710. The molecule has 4 rings (SSSR count). The number of pyridine rings is 1. The van der Waals surface area contributed by atoms with Crippen LogP contribution in [0, 0.1) is 0 Å². The van der Waals surface area contributed by atoms with Crippen molar-refractivity contribution >= 4 is 39.9 Å². The molecule has 1 saturated heterocycles. The number of nitrogens with zero attached hydrogens (tertiary/aromatic N) is 2. The van der Waals surface area contributed by atoms with Crippen molar-refractivity contribution in [2.24, 2.45) is 0 Å². The topological polar surface area (TPSA) is 63.7 Å². The number of aromatic nitrogens is 1. The Hall–Kier alpha value is -2.83. The molecule has 0 aliphatic carbocycles. The van der Waals surface area contributed by atoms with Gasteiger partial charge in [0, 0.05) is 29.2 Å². The third-order valence-electron chi connectivity index (χ3n) is 4.47. The van der Waals surface area contributed by atoms with E-state index in [1.54, 1.807) is 24.3 Å². The molecule has 0 spiro atoms. The number of para-hydroxylation sites is 1. The van der Waals surface area contributed by atoms with Gasteiger partial charge in [0.05, 0.1) is 13.2 Å². The summed E-state index contributed by atoms with van der Waals surface area (Å²) in [5, 5.41) is 4.30. The summed E-state index contributed by atoms with van der Waals surface area (Å²) in [5.74, 6) is 1.20. The highest BCUT2D eigenvalue weighted by Gasteiger charge is 2.14. The number of nitrogens with one attached hydrogen (secondary N) is 1. The maximum atomic E-state index is 12.2. The first-order valence-corrected chi connectivity index (χ1v) is 9.47. The lowest BCUT2D eigenvalue weighted by Crippen LogP contribution is -2.36. The van der Waals surface area contributed by atoms with E-state index in [4.69, 9.17) is 26.1 Å². The average molecular weight is 398 g/mol. The molecule has 1 N–H and O–H groups in total. The number of carbonyl (C=O) groups is 1. The summed E-state index contributed by atoms with van der Waals surface area (Å²) in [6.07, 6.45) is 0. The average Bonchev–Trinajstić information content (AvgIpc) is 2.72. The van der Waals surface area contributed by atoms with Gasteiger partial charge >= 0.3 is 0 Å². The molecular weight excluding hydrogens is 378 g/mol. The highest BCUT2D eigenvalue weighted by atomic mass is 35.5. The lowest BCUT2D eigenvalue weighted by atomic mass is 10.2. The van der Waals surface area contributed by atoms with Gasteiger partial charge in [0.25, 0.3) is 5.91 Å². The number of benzene rings is 2. The highest BCUT2D eigenvalue weighted by Crippen LogP contribution is 2.27. The van der Waals surface area contributed by atoms with Crippen LogP contribution in [0.1, 0.15) is 0 Å². The molecule has 144 valence electrons. The van der Waals surface area contributed by atoms with Crippen LogP contribution >= 0.6 is 11.6 Å². The van der Waals surface area contributed by atoms with Crippen LogP contribution in [-0.4, -0.2) is 43.8 Å². The van der Waals surface area contributed by atoms with E-state index in [-0.39, 0.29) is 12.5 Å². The van der Waals surface area contributed by atoms with Gasteiger partial charge in [-0.1, -0.05) is 29.8 Å². The van der Waals surface area contributed by atoms with E-state index < -0.39 is 0 Å². The summed E-state index contributed by atoms with van der Waals surface area (Å²) in [7, 11) is 0. The van der Waals surface area contributed by atoms with E-state index in [0.717, 1.165) is 29.8 Å². The molecule has 1 aromatic heterocycles. The smallest absolute Gasteiger partial charge is 0.262 e. The fourth-order valence-electron chi connectivity index (χ4n) is 3.10. The van der Waals surface area contributed by atoms with Crippen molar-refractivity contribution in [2.45, 2.75) is 0 Å². The zero-order valence-electron chi connectivity index (χ0n) is 15.2. The Bertz CT molecular complexity index is 990. The summed E-state index contributed by atoms with van der Waals surface area (Å²) >= 11 is 5.94. The largest absolute Gasteiger partial charge is 0.481 e. The van der Waals surface area contributed by atoms with Crippen molar-refractivity contribution in [3.8, 4) is 5.75 Å². The van der Waals surface area contributed by atoms with E-state index in [9.17, 15) is 4.79 Å². The van der Waals surface area contributed by atoms with Crippen LogP contribution in [0.25, 0.3) is 10.9 Å². The number of halogens is 1. The van der Waals surface area contributed by atoms with Gasteiger partial charge in [0.15, 0.2) is 6.61 Å². The van der Waals surface area contributed by atoms with Crippen LogP contribution in [0.4, 0.5) is 11.5 Å². The van der Waals surface area contributed by atoms with Crippen molar-refractivity contribution in [3.05, 3.63) is 59.6 Å². The number of anilines is 2. The SMILES string of the molecule is O=C(COc1cccc2ccc(N3CCOCC3)nc12)Nc1cccc(Cl)c1. The first-order chi connectivity index (χ1) is 13.7. The number of ether oxygens (including phenoxy) is 2. The predicted molar refractivity (Wildman–Crippen MR) is 110 cm³/mol. The third kappa shape index (κ3) is 4.35. The standard InChI is InChI=1S/C21H20ClN3O3/c22-16-4-2-5-17(13-16)23-20(26)14-28-18-6-1-3-15-7-8-19(24-21(15)18)25-9-11-27-12-10-25/h1-8,13H,9-12,14H2,(H,23,26). The lowest BCUT2D eigenvalue weighted by Gasteiger charge is -2.28. The molecule has 1 fully saturated rings. The van der Waals surface area contributed by atoms with Gasteiger partial charge in [0.1, 0.15) is 17.1 Å². The van der Waals surface area contributed by atoms with E-state index in [2.05, 4.69) is 10.2 Å².